The summed E-state index contributed by atoms with van der Waals surface area (Å²) in [4.78, 5) is 28.5. The van der Waals surface area contributed by atoms with E-state index in [1.54, 1.807) is 24.3 Å². The Kier molecular flexibility index (Phi) is 5.61. The van der Waals surface area contributed by atoms with Crippen LogP contribution in [0, 0.1) is 0 Å². The van der Waals surface area contributed by atoms with Gasteiger partial charge in [0.2, 0.25) is 11.8 Å². The maximum absolute atomic E-state index is 12.4. The van der Waals surface area contributed by atoms with Gasteiger partial charge in [0.1, 0.15) is 11.8 Å². The minimum atomic E-state index is -1.17. The maximum atomic E-state index is 12.4. The van der Waals surface area contributed by atoms with Crippen molar-refractivity contribution in [1.29, 1.82) is 0 Å². The lowest BCUT2D eigenvalue weighted by Crippen LogP contribution is -2.54. The van der Waals surface area contributed by atoms with Crippen molar-refractivity contribution in [1.82, 2.24) is 10.3 Å². The summed E-state index contributed by atoms with van der Waals surface area (Å²) in [5, 5.41) is 13.0. The van der Waals surface area contributed by atoms with Crippen molar-refractivity contribution >= 4 is 23.5 Å². The van der Waals surface area contributed by atoms with Gasteiger partial charge in [-0.25, -0.2) is 9.78 Å². The molecule has 0 aliphatic heterocycles. The SMILES string of the molecule is O=C(Cc1coc(-c2ccc(Cl)cc2)n1)NC1(C(=O)O)CCCCCC1. The number of halogens is 1. The Balaban J connectivity index is 1.67. The summed E-state index contributed by atoms with van der Waals surface area (Å²) >= 11 is 5.86. The molecule has 0 spiro atoms. The van der Waals surface area contributed by atoms with Gasteiger partial charge in [-0.05, 0) is 37.1 Å². The van der Waals surface area contributed by atoms with E-state index >= 15 is 0 Å². The van der Waals surface area contributed by atoms with Gasteiger partial charge >= 0.3 is 5.97 Å². The third-order valence-corrected chi connectivity index (χ3v) is 4.98. The van der Waals surface area contributed by atoms with E-state index in [0.717, 1.165) is 31.2 Å². The number of benzene rings is 1. The summed E-state index contributed by atoms with van der Waals surface area (Å²) < 4.78 is 5.42. The van der Waals surface area contributed by atoms with Crippen molar-refractivity contribution in [2.45, 2.75) is 50.5 Å². The predicted molar refractivity (Wildman–Crippen MR) is 96.9 cm³/mol. The summed E-state index contributed by atoms with van der Waals surface area (Å²) in [5.74, 6) is -0.924. The van der Waals surface area contributed by atoms with E-state index in [4.69, 9.17) is 16.0 Å². The Morgan fingerprint density at radius 3 is 2.42 bits per heavy atom. The largest absolute Gasteiger partial charge is 0.480 e. The third kappa shape index (κ3) is 4.25. The number of nitrogens with one attached hydrogen (secondary N) is 1. The van der Waals surface area contributed by atoms with Crippen molar-refractivity contribution < 1.29 is 19.1 Å². The Labute approximate surface area is 156 Å². The molecule has 138 valence electrons. The molecule has 2 N–H and O–H groups in total. The first-order chi connectivity index (χ1) is 12.5. The maximum Gasteiger partial charge on any atom is 0.329 e. The van der Waals surface area contributed by atoms with Crippen molar-refractivity contribution in [3.63, 3.8) is 0 Å². The highest BCUT2D eigenvalue weighted by molar-refractivity contribution is 6.30. The van der Waals surface area contributed by atoms with Gasteiger partial charge in [0.25, 0.3) is 0 Å². The van der Waals surface area contributed by atoms with E-state index in [0.29, 0.717) is 29.4 Å². The van der Waals surface area contributed by atoms with Gasteiger partial charge in [-0.1, -0.05) is 37.3 Å². The molecule has 26 heavy (non-hydrogen) atoms. The normalized spacial score (nSPS) is 16.7. The lowest BCUT2D eigenvalue weighted by atomic mass is 9.90. The number of hydrogen-bond donors (Lipinski definition) is 2. The van der Waals surface area contributed by atoms with Gasteiger partial charge in [-0.15, -0.1) is 0 Å². The molecule has 0 atom stereocenters. The van der Waals surface area contributed by atoms with E-state index in [9.17, 15) is 14.7 Å². The van der Waals surface area contributed by atoms with Crippen LogP contribution in [0.25, 0.3) is 11.5 Å². The average Bonchev–Trinajstić information content (AvgIpc) is 2.92. The van der Waals surface area contributed by atoms with Crippen LogP contribution in [0.2, 0.25) is 5.02 Å². The fraction of sp³-hybridized carbons (Fsp3) is 0.421. The predicted octanol–water partition coefficient (Wildman–Crippen LogP) is 3.83. The van der Waals surface area contributed by atoms with E-state index in [-0.39, 0.29) is 12.3 Å². The monoisotopic (exact) mass is 376 g/mol. The molecule has 1 fully saturated rings. The molecule has 0 unspecified atom stereocenters. The third-order valence-electron chi connectivity index (χ3n) is 4.73. The molecule has 1 heterocycles. The highest BCUT2D eigenvalue weighted by Gasteiger charge is 2.40. The van der Waals surface area contributed by atoms with Gasteiger partial charge < -0.3 is 14.8 Å². The molecule has 0 radical (unpaired) electrons. The highest BCUT2D eigenvalue weighted by Crippen LogP contribution is 2.28. The number of carbonyl (C=O) groups excluding carboxylic acids is 1. The summed E-state index contributed by atoms with van der Waals surface area (Å²) in [6.07, 6.45) is 5.92. The number of aromatic nitrogens is 1. The van der Waals surface area contributed by atoms with Crippen molar-refractivity contribution in [3.05, 3.63) is 41.2 Å². The molecule has 1 aliphatic rings. The highest BCUT2D eigenvalue weighted by atomic mass is 35.5. The zero-order valence-corrected chi connectivity index (χ0v) is 15.1. The molecular weight excluding hydrogens is 356 g/mol. The molecule has 3 rings (SSSR count). The molecule has 1 saturated carbocycles. The topological polar surface area (TPSA) is 92.4 Å². The number of aliphatic carboxylic acids is 1. The van der Waals surface area contributed by atoms with Crippen LogP contribution >= 0.6 is 11.6 Å². The van der Waals surface area contributed by atoms with Crippen LogP contribution in [0.5, 0.6) is 0 Å². The van der Waals surface area contributed by atoms with E-state index in [2.05, 4.69) is 10.3 Å². The van der Waals surface area contributed by atoms with E-state index in [1.165, 1.54) is 6.26 Å². The second kappa shape index (κ2) is 7.91. The molecule has 0 bridgehead atoms. The molecule has 6 nitrogen and oxygen atoms in total. The second-order valence-electron chi connectivity index (χ2n) is 6.68. The molecular formula is C19H21ClN2O4. The van der Waals surface area contributed by atoms with E-state index in [1.807, 2.05) is 0 Å². The van der Waals surface area contributed by atoms with Crippen molar-refractivity contribution in [3.8, 4) is 11.5 Å². The molecule has 7 heteroatoms. The number of amides is 1. The average molecular weight is 377 g/mol. The molecule has 1 aromatic carbocycles. The smallest absolute Gasteiger partial charge is 0.329 e. The second-order valence-corrected chi connectivity index (χ2v) is 7.11. The van der Waals surface area contributed by atoms with E-state index < -0.39 is 11.5 Å². The van der Waals surface area contributed by atoms with Gasteiger partial charge in [-0.3, -0.25) is 4.79 Å². The number of carboxylic acids is 1. The summed E-state index contributed by atoms with van der Waals surface area (Å²) in [5.41, 5.74) is 0.0458. The number of hydrogen-bond acceptors (Lipinski definition) is 4. The van der Waals surface area contributed by atoms with Crippen LogP contribution in [-0.2, 0) is 16.0 Å². The number of carboxylic acid groups (broad SMARTS) is 1. The number of rotatable bonds is 5. The first kappa shape index (κ1) is 18.5. The number of oxazole rings is 1. The van der Waals surface area contributed by atoms with Crippen LogP contribution in [0.1, 0.15) is 44.2 Å². The first-order valence-electron chi connectivity index (χ1n) is 8.73. The molecule has 0 saturated heterocycles. The standard InChI is InChI=1S/C19H21ClN2O4/c20-14-7-5-13(6-8-14)17-21-15(12-26-17)11-16(23)22-19(18(24)25)9-3-1-2-4-10-19/h5-8,12H,1-4,9-11H2,(H,22,23)(H,24,25). The molecule has 1 amide bonds. The number of carbonyl (C=O) groups is 2. The fourth-order valence-electron chi connectivity index (χ4n) is 3.31. The van der Waals surface area contributed by atoms with Gasteiger partial charge in [0.05, 0.1) is 12.1 Å². The van der Waals surface area contributed by atoms with Gasteiger partial charge in [0.15, 0.2) is 0 Å². The van der Waals surface area contributed by atoms with Crippen molar-refractivity contribution in [2.75, 3.05) is 0 Å². The summed E-state index contributed by atoms with van der Waals surface area (Å²) in [7, 11) is 0. The van der Waals surface area contributed by atoms with Crippen LogP contribution in [0.4, 0.5) is 0 Å². The zero-order chi connectivity index (χ0) is 18.6. The lowest BCUT2D eigenvalue weighted by Gasteiger charge is -2.29. The minimum Gasteiger partial charge on any atom is -0.480 e. The zero-order valence-electron chi connectivity index (χ0n) is 14.3. The fourth-order valence-corrected chi connectivity index (χ4v) is 3.44. The Morgan fingerprint density at radius 1 is 1.15 bits per heavy atom. The van der Waals surface area contributed by atoms with Gasteiger partial charge in [-0.2, -0.15) is 0 Å². The number of nitrogens with zero attached hydrogens (tertiary/aromatic N) is 1. The molecule has 2 aromatic rings. The minimum absolute atomic E-state index is 0.0217. The Morgan fingerprint density at radius 2 is 1.81 bits per heavy atom. The Hall–Kier alpha value is -2.34. The van der Waals surface area contributed by atoms with Crippen LogP contribution < -0.4 is 5.32 Å². The van der Waals surface area contributed by atoms with Crippen LogP contribution in [0.3, 0.4) is 0 Å². The lowest BCUT2D eigenvalue weighted by molar-refractivity contribution is -0.148. The molecule has 1 aromatic heterocycles. The van der Waals surface area contributed by atoms with Crippen LogP contribution in [-0.4, -0.2) is 27.5 Å². The van der Waals surface area contributed by atoms with Crippen molar-refractivity contribution in [2.24, 2.45) is 0 Å². The van der Waals surface area contributed by atoms with Crippen LogP contribution in [0.15, 0.2) is 34.9 Å². The summed E-state index contributed by atoms with van der Waals surface area (Å²) in [6, 6.07) is 7.03. The summed E-state index contributed by atoms with van der Waals surface area (Å²) in [6.45, 7) is 0. The van der Waals surface area contributed by atoms with Gasteiger partial charge in [0, 0.05) is 10.6 Å². The first-order valence-corrected chi connectivity index (χ1v) is 9.11. The Bertz CT molecular complexity index is 777. The molecule has 1 aliphatic carbocycles. The quantitative estimate of drug-likeness (QED) is 0.773.